The van der Waals surface area contributed by atoms with E-state index in [4.69, 9.17) is 0 Å². The Hall–Kier alpha value is -2.94. The normalized spacial score (nSPS) is 14.8. The third-order valence-corrected chi connectivity index (χ3v) is 5.89. The molecule has 1 aliphatic rings. The minimum absolute atomic E-state index is 0.0000554. The minimum Gasteiger partial charge on any atom is -0.353 e. The molecule has 1 aliphatic heterocycles. The van der Waals surface area contributed by atoms with Crippen molar-refractivity contribution in [3.05, 3.63) is 65.3 Å². The molecule has 0 atom stereocenters. The van der Waals surface area contributed by atoms with Gasteiger partial charge in [0.1, 0.15) is 10.8 Å². The molecule has 3 heterocycles. The lowest BCUT2D eigenvalue weighted by Crippen LogP contribution is -2.49. The number of hydrogen-bond donors (Lipinski definition) is 0. The van der Waals surface area contributed by atoms with Crippen LogP contribution in [-0.4, -0.2) is 47.0 Å². The van der Waals surface area contributed by atoms with E-state index < -0.39 is 11.7 Å². The second-order valence-corrected chi connectivity index (χ2v) is 7.81. The predicted octanol–water partition coefficient (Wildman–Crippen LogP) is 4.12. The Morgan fingerprint density at radius 3 is 2.40 bits per heavy atom. The standard InChI is InChI=1S/C21H19F3N4OS/c22-21(23,24)16-6-4-15(5-7-16)20-26-17(14-30-20)13-19(29)28-11-9-27(10-12-28)18-3-1-2-8-25-18/h1-8,14H,9-13H2. The summed E-state index contributed by atoms with van der Waals surface area (Å²) in [6.07, 6.45) is -2.43. The molecule has 1 amide bonds. The number of halogens is 3. The van der Waals surface area contributed by atoms with E-state index in [0.29, 0.717) is 29.4 Å². The largest absolute Gasteiger partial charge is 0.416 e. The number of rotatable bonds is 4. The Bertz CT molecular complexity index is 997. The van der Waals surface area contributed by atoms with Crippen molar-refractivity contribution in [2.24, 2.45) is 0 Å². The van der Waals surface area contributed by atoms with Gasteiger partial charge in [-0.25, -0.2) is 9.97 Å². The molecule has 0 spiro atoms. The molecule has 0 saturated carbocycles. The molecule has 1 saturated heterocycles. The molecule has 0 N–H and O–H groups in total. The maximum absolute atomic E-state index is 12.7. The van der Waals surface area contributed by atoms with Crippen LogP contribution in [0.3, 0.4) is 0 Å². The lowest BCUT2D eigenvalue weighted by Gasteiger charge is -2.35. The van der Waals surface area contributed by atoms with E-state index in [2.05, 4.69) is 14.9 Å². The van der Waals surface area contributed by atoms with Crippen LogP contribution in [0.2, 0.25) is 0 Å². The number of alkyl halides is 3. The van der Waals surface area contributed by atoms with Gasteiger partial charge in [0.2, 0.25) is 5.91 Å². The molecule has 5 nitrogen and oxygen atoms in total. The Balaban J connectivity index is 1.34. The molecule has 0 radical (unpaired) electrons. The van der Waals surface area contributed by atoms with Crippen molar-refractivity contribution in [3.8, 4) is 10.6 Å². The third-order valence-electron chi connectivity index (χ3n) is 4.95. The van der Waals surface area contributed by atoms with Crippen LogP contribution < -0.4 is 4.90 Å². The molecular weight excluding hydrogens is 413 g/mol. The van der Waals surface area contributed by atoms with Gasteiger partial charge in [0.05, 0.1) is 17.7 Å². The van der Waals surface area contributed by atoms with E-state index in [-0.39, 0.29) is 12.3 Å². The molecule has 30 heavy (non-hydrogen) atoms. The first-order valence-electron chi connectivity index (χ1n) is 9.46. The van der Waals surface area contributed by atoms with E-state index in [9.17, 15) is 18.0 Å². The Morgan fingerprint density at radius 1 is 1.03 bits per heavy atom. The van der Waals surface area contributed by atoms with Crippen molar-refractivity contribution in [1.29, 1.82) is 0 Å². The molecule has 156 valence electrons. The topological polar surface area (TPSA) is 49.3 Å². The summed E-state index contributed by atoms with van der Waals surface area (Å²) in [5, 5.41) is 2.39. The summed E-state index contributed by atoms with van der Waals surface area (Å²) < 4.78 is 38.1. The monoisotopic (exact) mass is 432 g/mol. The average molecular weight is 432 g/mol. The van der Waals surface area contributed by atoms with E-state index in [0.717, 1.165) is 31.0 Å². The fraction of sp³-hybridized carbons (Fsp3) is 0.286. The van der Waals surface area contributed by atoms with E-state index >= 15 is 0 Å². The number of anilines is 1. The first-order valence-corrected chi connectivity index (χ1v) is 10.3. The second-order valence-electron chi connectivity index (χ2n) is 6.95. The van der Waals surface area contributed by atoms with Gasteiger partial charge < -0.3 is 9.80 Å². The number of nitrogens with zero attached hydrogens (tertiary/aromatic N) is 4. The second kappa shape index (κ2) is 8.43. The Morgan fingerprint density at radius 2 is 1.77 bits per heavy atom. The number of hydrogen-bond acceptors (Lipinski definition) is 5. The van der Waals surface area contributed by atoms with Gasteiger partial charge in [0.15, 0.2) is 0 Å². The number of carbonyl (C=O) groups excluding carboxylic acids is 1. The smallest absolute Gasteiger partial charge is 0.353 e. The SMILES string of the molecule is O=C(Cc1csc(-c2ccc(C(F)(F)F)cc2)n1)N1CCN(c2ccccn2)CC1. The zero-order valence-electron chi connectivity index (χ0n) is 16.0. The number of piperazine rings is 1. The van der Waals surface area contributed by atoms with Crippen LogP contribution >= 0.6 is 11.3 Å². The average Bonchev–Trinajstić information content (AvgIpc) is 3.22. The third kappa shape index (κ3) is 4.62. The van der Waals surface area contributed by atoms with Gasteiger partial charge in [-0.05, 0) is 24.3 Å². The molecule has 0 aliphatic carbocycles. The molecule has 1 aromatic carbocycles. The van der Waals surface area contributed by atoms with Crippen LogP contribution in [-0.2, 0) is 17.4 Å². The summed E-state index contributed by atoms with van der Waals surface area (Å²) in [6.45, 7) is 2.67. The van der Waals surface area contributed by atoms with Gasteiger partial charge >= 0.3 is 6.18 Å². The summed E-state index contributed by atoms with van der Waals surface area (Å²) in [5.74, 6) is 0.908. The van der Waals surface area contributed by atoms with Crippen molar-refractivity contribution in [2.75, 3.05) is 31.1 Å². The summed E-state index contributed by atoms with van der Waals surface area (Å²) in [5.41, 5.74) is 0.547. The molecule has 0 bridgehead atoms. The van der Waals surface area contributed by atoms with Crippen LogP contribution in [0.5, 0.6) is 0 Å². The van der Waals surface area contributed by atoms with Gasteiger partial charge in [0, 0.05) is 43.3 Å². The summed E-state index contributed by atoms with van der Waals surface area (Å²) >= 11 is 1.32. The van der Waals surface area contributed by atoms with Crippen molar-refractivity contribution in [3.63, 3.8) is 0 Å². The highest BCUT2D eigenvalue weighted by atomic mass is 32.1. The summed E-state index contributed by atoms with van der Waals surface area (Å²) in [7, 11) is 0. The molecule has 9 heteroatoms. The summed E-state index contributed by atoms with van der Waals surface area (Å²) in [4.78, 5) is 25.4. The number of thiazole rings is 1. The molecule has 2 aromatic heterocycles. The van der Waals surface area contributed by atoms with Crippen molar-refractivity contribution >= 4 is 23.1 Å². The quantitative estimate of drug-likeness (QED) is 0.623. The van der Waals surface area contributed by atoms with Gasteiger partial charge in [-0.2, -0.15) is 13.2 Å². The van der Waals surface area contributed by atoms with E-state index in [1.807, 2.05) is 23.1 Å². The summed E-state index contributed by atoms with van der Waals surface area (Å²) in [6, 6.07) is 10.7. The molecule has 3 aromatic rings. The number of aromatic nitrogens is 2. The molecular formula is C21H19F3N4OS. The fourth-order valence-corrected chi connectivity index (χ4v) is 4.14. The number of pyridine rings is 1. The first-order chi connectivity index (χ1) is 14.4. The highest BCUT2D eigenvalue weighted by Crippen LogP contribution is 2.31. The van der Waals surface area contributed by atoms with Crippen molar-refractivity contribution < 1.29 is 18.0 Å². The maximum Gasteiger partial charge on any atom is 0.416 e. The lowest BCUT2D eigenvalue weighted by molar-refractivity contribution is -0.137. The minimum atomic E-state index is -4.36. The zero-order valence-corrected chi connectivity index (χ0v) is 16.8. The van der Waals surface area contributed by atoms with E-state index in [1.54, 1.807) is 11.6 Å². The van der Waals surface area contributed by atoms with Crippen molar-refractivity contribution in [2.45, 2.75) is 12.6 Å². The molecule has 0 unspecified atom stereocenters. The van der Waals surface area contributed by atoms with Crippen LogP contribution in [0, 0.1) is 0 Å². The zero-order chi connectivity index (χ0) is 21.1. The van der Waals surface area contributed by atoms with Gasteiger partial charge in [-0.15, -0.1) is 11.3 Å². The Labute approximate surface area is 175 Å². The van der Waals surface area contributed by atoms with Crippen LogP contribution in [0.25, 0.3) is 10.6 Å². The fourth-order valence-electron chi connectivity index (χ4n) is 3.32. The maximum atomic E-state index is 12.7. The Kier molecular flexibility index (Phi) is 5.72. The predicted molar refractivity (Wildman–Crippen MR) is 109 cm³/mol. The van der Waals surface area contributed by atoms with Gasteiger partial charge in [-0.3, -0.25) is 4.79 Å². The van der Waals surface area contributed by atoms with Crippen molar-refractivity contribution in [1.82, 2.24) is 14.9 Å². The number of carbonyl (C=O) groups is 1. The first kappa shape index (κ1) is 20.3. The number of benzene rings is 1. The lowest BCUT2D eigenvalue weighted by atomic mass is 10.1. The highest BCUT2D eigenvalue weighted by molar-refractivity contribution is 7.13. The van der Waals surface area contributed by atoms with Gasteiger partial charge in [-0.1, -0.05) is 18.2 Å². The van der Waals surface area contributed by atoms with Crippen LogP contribution in [0.4, 0.5) is 19.0 Å². The molecule has 4 rings (SSSR count). The van der Waals surface area contributed by atoms with Crippen LogP contribution in [0.1, 0.15) is 11.3 Å². The van der Waals surface area contributed by atoms with Gasteiger partial charge in [0.25, 0.3) is 0 Å². The number of amides is 1. The van der Waals surface area contributed by atoms with E-state index in [1.165, 1.54) is 23.5 Å². The highest BCUT2D eigenvalue weighted by Gasteiger charge is 2.30. The van der Waals surface area contributed by atoms with Crippen LogP contribution in [0.15, 0.2) is 54.0 Å². The molecule has 1 fully saturated rings.